The molecule has 0 aromatic rings. The van der Waals surface area contributed by atoms with E-state index >= 15 is 0 Å². The van der Waals surface area contributed by atoms with Crippen molar-refractivity contribution in [1.82, 2.24) is 0 Å². The minimum atomic E-state index is -0.167. The Bertz CT molecular complexity index is 188. The lowest BCUT2D eigenvalue weighted by Crippen LogP contribution is -2.34. The van der Waals surface area contributed by atoms with Crippen LogP contribution in [-0.2, 0) is 0 Å². The van der Waals surface area contributed by atoms with Crippen LogP contribution in [0.5, 0.6) is 0 Å². The van der Waals surface area contributed by atoms with Crippen LogP contribution >= 0.6 is 0 Å². The van der Waals surface area contributed by atoms with Gasteiger partial charge in [-0.1, -0.05) is 5.57 Å². The molecular formula is C10H17NO. The van der Waals surface area contributed by atoms with Gasteiger partial charge in [0.15, 0.2) is 0 Å². The van der Waals surface area contributed by atoms with Gasteiger partial charge in [-0.05, 0) is 44.1 Å². The Morgan fingerprint density at radius 2 is 1.75 bits per heavy atom. The summed E-state index contributed by atoms with van der Waals surface area (Å²) < 4.78 is 0. The smallest absolute Gasteiger partial charge is 0.0754 e. The fraction of sp³-hybridized carbons (Fsp3) is 0.800. The highest BCUT2D eigenvalue weighted by atomic mass is 16.3. The van der Waals surface area contributed by atoms with E-state index in [4.69, 9.17) is 5.73 Å². The summed E-state index contributed by atoms with van der Waals surface area (Å²) in [6.07, 6.45) is 6.40. The van der Waals surface area contributed by atoms with E-state index in [-0.39, 0.29) is 12.1 Å². The standard InChI is InChI=1S/C10H17NO/c11-9-5-6-10(12)8-4-2-1-3-7(8)9/h9-10,12H,1-6,11H2. The van der Waals surface area contributed by atoms with Crippen molar-refractivity contribution in [3.63, 3.8) is 0 Å². The highest BCUT2D eigenvalue weighted by Gasteiger charge is 2.27. The van der Waals surface area contributed by atoms with Crippen molar-refractivity contribution < 1.29 is 5.11 Å². The van der Waals surface area contributed by atoms with Gasteiger partial charge in [0.2, 0.25) is 0 Å². The molecule has 0 bridgehead atoms. The molecule has 68 valence electrons. The zero-order valence-corrected chi connectivity index (χ0v) is 7.42. The maximum atomic E-state index is 9.71. The number of rotatable bonds is 0. The maximum absolute atomic E-state index is 9.71. The first kappa shape index (κ1) is 8.27. The van der Waals surface area contributed by atoms with E-state index in [1.54, 1.807) is 0 Å². The van der Waals surface area contributed by atoms with E-state index in [2.05, 4.69) is 0 Å². The van der Waals surface area contributed by atoms with Crippen molar-refractivity contribution in [3.8, 4) is 0 Å². The molecule has 0 spiro atoms. The van der Waals surface area contributed by atoms with Crippen LogP contribution in [0.3, 0.4) is 0 Å². The van der Waals surface area contributed by atoms with Gasteiger partial charge in [-0.25, -0.2) is 0 Å². The highest BCUT2D eigenvalue weighted by molar-refractivity contribution is 5.27. The van der Waals surface area contributed by atoms with E-state index in [0.29, 0.717) is 0 Å². The van der Waals surface area contributed by atoms with Crippen LogP contribution in [0.15, 0.2) is 11.1 Å². The third kappa shape index (κ3) is 1.29. The summed E-state index contributed by atoms with van der Waals surface area (Å²) in [5.74, 6) is 0. The van der Waals surface area contributed by atoms with Gasteiger partial charge in [0.05, 0.1) is 6.10 Å². The fourth-order valence-corrected chi connectivity index (χ4v) is 2.44. The Labute approximate surface area is 73.5 Å². The lowest BCUT2D eigenvalue weighted by atomic mass is 9.78. The van der Waals surface area contributed by atoms with Gasteiger partial charge in [0.1, 0.15) is 0 Å². The van der Waals surface area contributed by atoms with Crippen LogP contribution in [0.4, 0.5) is 0 Å². The van der Waals surface area contributed by atoms with E-state index < -0.39 is 0 Å². The highest BCUT2D eigenvalue weighted by Crippen LogP contribution is 2.34. The summed E-state index contributed by atoms with van der Waals surface area (Å²) in [4.78, 5) is 0. The Morgan fingerprint density at radius 1 is 1.08 bits per heavy atom. The molecule has 12 heavy (non-hydrogen) atoms. The first-order valence-corrected chi connectivity index (χ1v) is 4.94. The zero-order chi connectivity index (χ0) is 8.55. The molecular weight excluding hydrogens is 150 g/mol. The fourth-order valence-electron chi connectivity index (χ4n) is 2.44. The first-order chi connectivity index (χ1) is 5.79. The number of aliphatic hydroxyl groups is 1. The average Bonchev–Trinajstić information content (AvgIpc) is 2.12. The van der Waals surface area contributed by atoms with Gasteiger partial charge in [0.25, 0.3) is 0 Å². The van der Waals surface area contributed by atoms with Crippen molar-refractivity contribution in [1.29, 1.82) is 0 Å². The van der Waals surface area contributed by atoms with Gasteiger partial charge in [-0.15, -0.1) is 0 Å². The van der Waals surface area contributed by atoms with E-state index in [1.807, 2.05) is 0 Å². The van der Waals surface area contributed by atoms with Crippen LogP contribution in [-0.4, -0.2) is 17.3 Å². The molecule has 2 nitrogen and oxygen atoms in total. The van der Waals surface area contributed by atoms with Crippen LogP contribution in [0.25, 0.3) is 0 Å². The summed E-state index contributed by atoms with van der Waals surface area (Å²) in [7, 11) is 0. The Hall–Kier alpha value is -0.340. The molecule has 0 aromatic heterocycles. The third-order valence-electron chi connectivity index (χ3n) is 3.16. The molecule has 0 fully saturated rings. The molecule has 0 amide bonds. The lowest BCUT2D eigenvalue weighted by molar-refractivity contribution is 0.176. The molecule has 3 N–H and O–H groups in total. The van der Waals surface area contributed by atoms with Crippen molar-refractivity contribution in [3.05, 3.63) is 11.1 Å². The number of hydrogen-bond acceptors (Lipinski definition) is 2. The topological polar surface area (TPSA) is 46.2 Å². The summed E-state index contributed by atoms with van der Waals surface area (Å²) in [5, 5.41) is 9.71. The molecule has 0 aliphatic heterocycles. The molecule has 0 aromatic carbocycles. The first-order valence-electron chi connectivity index (χ1n) is 4.94. The molecule has 2 rings (SSSR count). The predicted octanol–water partition coefficient (Wildman–Crippen LogP) is 1.34. The molecule has 2 aliphatic carbocycles. The Balaban J connectivity index is 2.27. The number of hydrogen-bond donors (Lipinski definition) is 2. The van der Waals surface area contributed by atoms with E-state index in [1.165, 1.54) is 24.0 Å². The van der Waals surface area contributed by atoms with Crippen molar-refractivity contribution in [2.45, 2.75) is 50.7 Å². The maximum Gasteiger partial charge on any atom is 0.0754 e. The number of nitrogens with two attached hydrogens (primary N) is 1. The van der Waals surface area contributed by atoms with Gasteiger partial charge in [-0.3, -0.25) is 0 Å². The van der Waals surface area contributed by atoms with Crippen LogP contribution < -0.4 is 5.73 Å². The van der Waals surface area contributed by atoms with E-state index in [9.17, 15) is 5.11 Å². The largest absolute Gasteiger partial charge is 0.389 e. The molecule has 2 heteroatoms. The van der Waals surface area contributed by atoms with Gasteiger partial charge in [0, 0.05) is 6.04 Å². The molecule has 2 atom stereocenters. The lowest BCUT2D eigenvalue weighted by Gasteiger charge is -2.32. The summed E-state index contributed by atoms with van der Waals surface area (Å²) >= 11 is 0. The monoisotopic (exact) mass is 167 g/mol. The quantitative estimate of drug-likeness (QED) is 0.535. The molecule has 2 aliphatic rings. The van der Waals surface area contributed by atoms with Gasteiger partial charge >= 0.3 is 0 Å². The molecule has 0 radical (unpaired) electrons. The van der Waals surface area contributed by atoms with Crippen molar-refractivity contribution >= 4 is 0 Å². The minimum absolute atomic E-state index is 0.167. The molecule has 0 saturated carbocycles. The van der Waals surface area contributed by atoms with Crippen molar-refractivity contribution in [2.75, 3.05) is 0 Å². The summed E-state index contributed by atoms with van der Waals surface area (Å²) in [6.45, 7) is 0. The Morgan fingerprint density at radius 3 is 2.42 bits per heavy atom. The second kappa shape index (κ2) is 3.19. The number of aliphatic hydroxyl groups excluding tert-OH is 1. The summed E-state index contributed by atoms with van der Waals surface area (Å²) in [5.41, 5.74) is 8.64. The molecule has 0 heterocycles. The normalized spacial score (nSPS) is 36.5. The minimum Gasteiger partial charge on any atom is -0.389 e. The average molecular weight is 167 g/mol. The second-order valence-corrected chi connectivity index (χ2v) is 3.96. The SMILES string of the molecule is NC1CCC(O)C2=C1CCCC2. The van der Waals surface area contributed by atoms with Crippen molar-refractivity contribution in [2.24, 2.45) is 5.73 Å². The van der Waals surface area contributed by atoms with E-state index in [0.717, 1.165) is 25.7 Å². The third-order valence-corrected chi connectivity index (χ3v) is 3.16. The van der Waals surface area contributed by atoms with Gasteiger partial charge < -0.3 is 10.8 Å². The summed E-state index contributed by atoms with van der Waals surface area (Å²) in [6, 6.07) is 0.253. The van der Waals surface area contributed by atoms with Crippen LogP contribution in [0.2, 0.25) is 0 Å². The van der Waals surface area contributed by atoms with Crippen LogP contribution in [0.1, 0.15) is 38.5 Å². The predicted molar refractivity (Wildman–Crippen MR) is 48.7 cm³/mol. The van der Waals surface area contributed by atoms with Gasteiger partial charge in [-0.2, -0.15) is 0 Å². The molecule has 0 saturated heterocycles. The zero-order valence-electron chi connectivity index (χ0n) is 7.42. The second-order valence-electron chi connectivity index (χ2n) is 3.96. The van der Waals surface area contributed by atoms with Crippen LogP contribution in [0, 0.1) is 0 Å². The Kier molecular flexibility index (Phi) is 2.20. The molecule has 2 unspecified atom stereocenters.